The molecule has 0 saturated carbocycles. The molecule has 4 heteroatoms. The Balaban J connectivity index is 1.89. The minimum Gasteiger partial charge on any atom is -0.352 e. The van der Waals surface area contributed by atoms with Gasteiger partial charge < -0.3 is 10.2 Å². The van der Waals surface area contributed by atoms with Gasteiger partial charge >= 0.3 is 0 Å². The summed E-state index contributed by atoms with van der Waals surface area (Å²) in [7, 11) is 0. The minimum absolute atomic E-state index is 0.00352. The number of hydrogen-bond acceptors (Lipinski definition) is 2. The van der Waals surface area contributed by atoms with Gasteiger partial charge in [-0.25, -0.2) is 0 Å². The average molecular weight is 296 g/mol. The van der Waals surface area contributed by atoms with E-state index in [1.807, 2.05) is 42.5 Å². The van der Waals surface area contributed by atoms with Crippen LogP contribution in [0.2, 0.25) is 0 Å². The molecular formula is C18H20N2O2. The van der Waals surface area contributed by atoms with Crippen LogP contribution in [0.5, 0.6) is 0 Å². The molecule has 4 nitrogen and oxygen atoms in total. The van der Waals surface area contributed by atoms with Crippen LogP contribution in [-0.2, 0) is 16.0 Å². The normalized spacial score (nSPS) is 17.4. The summed E-state index contributed by atoms with van der Waals surface area (Å²) in [6.45, 7) is 4.66. The van der Waals surface area contributed by atoms with E-state index in [0.717, 1.165) is 16.3 Å². The molecule has 2 aromatic carbocycles. The molecule has 1 N–H and O–H groups in total. The van der Waals surface area contributed by atoms with Crippen molar-refractivity contribution < 1.29 is 9.59 Å². The molecule has 2 aromatic rings. The fourth-order valence-electron chi connectivity index (χ4n) is 3.04. The highest BCUT2D eigenvalue weighted by Gasteiger charge is 2.40. The number of piperazine rings is 1. The van der Waals surface area contributed by atoms with Gasteiger partial charge in [0.2, 0.25) is 11.8 Å². The Morgan fingerprint density at radius 2 is 1.91 bits per heavy atom. The van der Waals surface area contributed by atoms with Crippen molar-refractivity contribution in [1.29, 1.82) is 0 Å². The smallest absolute Gasteiger partial charge is 0.245 e. The third kappa shape index (κ3) is 2.45. The zero-order valence-electron chi connectivity index (χ0n) is 12.9. The first-order chi connectivity index (χ1) is 10.5. The fourth-order valence-corrected chi connectivity index (χ4v) is 3.04. The van der Waals surface area contributed by atoms with Crippen LogP contribution in [-0.4, -0.2) is 35.3 Å². The lowest BCUT2D eigenvalue weighted by Gasteiger charge is -2.41. The van der Waals surface area contributed by atoms with Gasteiger partial charge in [-0.3, -0.25) is 9.59 Å². The predicted octanol–water partition coefficient (Wildman–Crippen LogP) is 2.12. The molecule has 0 unspecified atom stereocenters. The lowest BCUT2D eigenvalue weighted by atomic mass is 9.96. The summed E-state index contributed by atoms with van der Waals surface area (Å²) in [6, 6.07) is 14.0. The molecule has 1 aliphatic rings. The minimum atomic E-state index is -0.792. The number of benzene rings is 2. The lowest BCUT2D eigenvalue weighted by molar-refractivity contribution is -0.148. The Labute approximate surface area is 130 Å². The lowest BCUT2D eigenvalue weighted by Crippen LogP contribution is -2.63. The quantitative estimate of drug-likeness (QED) is 0.923. The van der Waals surface area contributed by atoms with E-state index in [9.17, 15) is 9.59 Å². The Morgan fingerprint density at radius 1 is 1.18 bits per heavy atom. The van der Waals surface area contributed by atoms with Crippen LogP contribution < -0.4 is 5.32 Å². The molecule has 0 atom stereocenters. The summed E-state index contributed by atoms with van der Waals surface area (Å²) in [5, 5.41) is 5.04. The first-order valence-corrected chi connectivity index (χ1v) is 7.55. The number of carbonyl (C=O) groups excluding carboxylic acids is 2. The number of carbonyl (C=O) groups is 2. The molecular weight excluding hydrogens is 276 g/mol. The van der Waals surface area contributed by atoms with Gasteiger partial charge in [0.25, 0.3) is 0 Å². The van der Waals surface area contributed by atoms with Crippen molar-refractivity contribution >= 4 is 22.6 Å². The van der Waals surface area contributed by atoms with Gasteiger partial charge in [0.05, 0.1) is 6.42 Å². The molecule has 0 aliphatic carbocycles. The van der Waals surface area contributed by atoms with Gasteiger partial charge in [-0.15, -0.1) is 0 Å². The molecule has 0 radical (unpaired) electrons. The first kappa shape index (κ1) is 14.6. The molecule has 2 amide bonds. The first-order valence-electron chi connectivity index (χ1n) is 7.55. The summed E-state index contributed by atoms with van der Waals surface area (Å²) in [6.07, 6.45) is 0.318. The summed E-state index contributed by atoms with van der Waals surface area (Å²) in [5.41, 5.74) is 0.213. The largest absolute Gasteiger partial charge is 0.352 e. The number of hydrogen-bond donors (Lipinski definition) is 1. The van der Waals surface area contributed by atoms with Crippen LogP contribution in [0.1, 0.15) is 19.4 Å². The van der Waals surface area contributed by atoms with Gasteiger partial charge in [0.15, 0.2) is 0 Å². The van der Waals surface area contributed by atoms with E-state index in [1.54, 1.807) is 18.7 Å². The second-order valence-corrected chi connectivity index (χ2v) is 6.18. The predicted molar refractivity (Wildman–Crippen MR) is 86.5 cm³/mol. The third-order valence-electron chi connectivity index (χ3n) is 4.37. The maximum absolute atomic E-state index is 12.7. The molecule has 22 heavy (non-hydrogen) atoms. The molecule has 0 bridgehead atoms. The molecule has 1 heterocycles. The molecule has 114 valence electrons. The maximum Gasteiger partial charge on any atom is 0.245 e. The van der Waals surface area contributed by atoms with Crippen molar-refractivity contribution in [2.45, 2.75) is 25.8 Å². The monoisotopic (exact) mass is 296 g/mol. The van der Waals surface area contributed by atoms with Crippen molar-refractivity contribution in [3.63, 3.8) is 0 Å². The molecule has 3 rings (SSSR count). The SMILES string of the molecule is CC1(C)C(=O)NCCN1C(=O)Cc1cccc2ccccc12. The van der Waals surface area contributed by atoms with E-state index < -0.39 is 5.54 Å². The standard InChI is InChI=1S/C18H20N2O2/c1-18(2)17(22)19-10-11-20(18)16(21)12-14-8-5-7-13-6-3-4-9-15(13)14/h3-9H,10-12H2,1-2H3,(H,19,22). The zero-order valence-corrected chi connectivity index (χ0v) is 12.9. The Bertz CT molecular complexity index is 731. The second-order valence-electron chi connectivity index (χ2n) is 6.18. The van der Waals surface area contributed by atoms with Crippen molar-refractivity contribution in [1.82, 2.24) is 10.2 Å². The molecule has 1 saturated heterocycles. The third-order valence-corrected chi connectivity index (χ3v) is 4.37. The fraction of sp³-hybridized carbons (Fsp3) is 0.333. The summed E-state index contributed by atoms with van der Waals surface area (Å²) in [5.74, 6) is -0.0961. The molecule has 0 spiro atoms. The molecule has 0 aromatic heterocycles. The Kier molecular flexibility index (Phi) is 3.61. The van der Waals surface area contributed by atoms with Crippen molar-refractivity contribution in [2.24, 2.45) is 0 Å². The van der Waals surface area contributed by atoms with Gasteiger partial charge in [0, 0.05) is 13.1 Å². The van der Waals surface area contributed by atoms with Gasteiger partial charge in [-0.05, 0) is 30.2 Å². The molecule has 1 fully saturated rings. The Hall–Kier alpha value is -2.36. The van der Waals surface area contributed by atoms with Crippen molar-refractivity contribution in [2.75, 3.05) is 13.1 Å². The highest BCUT2D eigenvalue weighted by Crippen LogP contribution is 2.22. The van der Waals surface area contributed by atoms with E-state index in [-0.39, 0.29) is 11.8 Å². The number of rotatable bonds is 2. The van der Waals surface area contributed by atoms with Gasteiger partial charge in [0.1, 0.15) is 5.54 Å². The summed E-state index contributed by atoms with van der Waals surface area (Å²) in [4.78, 5) is 26.4. The van der Waals surface area contributed by atoms with E-state index in [2.05, 4.69) is 5.32 Å². The van der Waals surface area contributed by atoms with Gasteiger partial charge in [-0.1, -0.05) is 42.5 Å². The van der Waals surface area contributed by atoms with Crippen molar-refractivity contribution in [3.05, 3.63) is 48.0 Å². The number of nitrogens with one attached hydrogen (secondary N) is 1. The van der Waals surface area contributed by atoms with Crippen LogP contribution in [0.3, 0.4) is 0 Å². The van der Waals surface area contributed by atoms with Crippen LogP contribution in [0.15, 0.2) is 42.5 Å². The van der Waals surface area contributed by atoms with Crippen LogP contribution in [0.25, 0.3) is 10.8 Å². The zero-order chi connectivity index (χ0) is 15.7. The van der Waals surface area contributed by atoms with Crippen molar-refractivity contribution in [3.8, 4) is 0 Å². The van der Waals surface area contributed by atoms with Gasteiger partial charge in [-0.2, -0.15) is 0 Å². The second kappa shape index (κ2) is 5.44. The van der Waals surface area contributed by atoms with Crippen LogP contribution in [0, 0.1) is 0 Å². The number of amides is 2. The van der Waals surface area contributed by atoms with Crippen LogP contribution in [0.4, 0.5) is 0 Å². The average Bonchev–Trinajstić information content (AvgIpc) is 2.50. The summed E-state index contributed by atoms with van der Waals surface area (Å²) >= 11 is 0. The van der Waals surface area contributed by atoms with E-state index in [1.165, 1.54) is 0 Å². The van der Waals surface area contributed by atoms with E-state index >= 15 is 0 Å². The van der Waals surface area contributed by atoms with E-state index in [4.69, 9.17) is 0 Å². The van der Waals surface area contributed by atoms with Crippen LogP contribution >= 0.6 is 0 Å². The maximum atomic E-state index is 12.7. The highest BCUT2D eigenvalue weighted by atomic mass is 16.2. The summed E-state index contributed by atoms with van der Waals surface area (Å²) < 4.78 is 0. The number of nitrogens with zero attached hydrogens (tertiary/aromatic N) is 1. The topological polar surface area (TPSA) is 49.4 Å². The number of fused-ring (bicyclic) bond motifs is 1. The molecule has 1 aliphatic heterocycles. The van der Waals surface area contributed by atoms with E-state index in [0.29, 0.717) is 19.5 Å². The highest BCUT2D eigenvalue weighted by molar-refractivity contribution is 5.94. The Morgan fingerprint density at radius 3 is 2.73 bits per heavy atom.